The van der Waals surface area contributed by atoms with Crippen LogP contribution in [-0.4, -0.2) is 31.2 Å². The van der Waals surface area contributed by atoms with E-state index >= 15 is 0 Å². The Hall–Kier alpha value is -2.86. The van der Waals surface area contributed by atoms with Gasteiger partial charge in [-0.3, -0.25) is 4.79 Å². The molecule has 3 rings (SSSR count). The third-order valence-electron chi connectivity index (χ3n) is 3.69. The monoisotopic (exact) mass is 368 g/mol. The van der Waals surface area contributed by atoms with E-state index in [1.807, 2.05) is 54.6 Å². The van der Waals surface area contributed by atoms with Crippen molar-refractivity contribution in [3.8, 4) is 22.1 Å². The zero-order valence-electron chi connectivity index (χ0n) is 14.5. The zero-order valence-corrected chi connectivity index (χ0v) is 15.3. The van der Waals surface area contributed by atoms with E-state index in [1.54, 1.807) is 12.5 Å². The number of thiazole rings is 1. The Labute approximate surface area is 156 Å². The highest BCUT2D eigenvalue weighted by Gasteiger charge is 2.13. The van der Waals surface area contributed by atoms with Gasteiger partial charge >= 0.3 is 0 Å². The number of hydrogen-bond donors (Lipinski definition) is 1. The van der Waals surface area contributed by atoms with Gasteiger partial charge in [0.1, 0.15) is 22.2 Å². The first kappa shape index (κ1) is 17.9. The molecule has 1 amide bonds. The average molecular weight is 368 g/mol. The molecule has 134 valence electrons. The van der Waals surface area contributed by atoms with Gasteiger partial charge in [-0.1, -0.05) is 30.3 Å². The van der Waals surface area contributed by atoms with Gasteiger partial charge in [0.2, 0.25) is 0 Å². The Balaban J connectivity index is 1.49. The lowest BCUT2D eigenvalue weighted by molar-refractivity contribution is 0.0947. The van der Waals surface area contributed by atoms with Gasteiger partial charge in [-0.05, 0) is 30.7 Å². The summed E-state index contributed by atoms with van der Waals surface area (Å²) in [5.41, 5.74) is 1.30. The molecule has 0 aliphatic carbocycles. The van der Waals surface area contributed by atoms with Gasteiger partial charge in [-0.15, -0.1) is 11.3 Å². The fourth-order valence-corrected chi connectivity index (χ4v) is 3.22. The molecule has 0 aliphatic heterocycles. The maximum atomic E-state index is 12.2. The summed E-state index contributed by atoms with van der Waals surface area (Å²) in [5.74, 6) is 1.40. The van der Waals surface area contributed by atoms with Gasteiger partial charge in [0.15, 0.2) is 0 Å². The fraction of sp³-hybridized carbons (Fsp3) is 0.200. The first-order valence-electron chi connectivity index (χ1n) is 8.33. The summed E-state index contributed by atoms with van der Waals surface area (Å²) < 4.78 is 11.0. The minimum atomic E-state index is -0.179. The molecule has 0 spiro atoms. The lowest BCUT2D eigenvalue weighted by atomic mass is 10.2. The van der Waals surface area contributed by atoms with Gasteiger partial charge in [-0.25, -0.2) is 4.98 Å². The van der Waals surface area contributed by atoms with Crippen LogP contribution in [0.15, 0.2) is 60.0 Å². The highest BCUT2D eigenvalue weighted by Crippen LogP contribution is 2.31. The molecule has 3 aromatic rings. The number of carbonyl (C=O) groups is 1. The van der Waals surface area contributed by atoms with E-state index in [0.717, 1.165) is 28.5 Å². The second-order valence-electron chi connectivity index (χ2n) is 5.51. The Bertz CT molecular complexity index is 849. The van der Waals surface area contributed by atoms with E-state index in [-0.39, 0.29) is 5.91 Å². The van der Waals surface area contributed by atoms with Crippen molar-refractivity contribution >= 4 is 17.2 Å². The molecule has 0 bridgehead atoms. The molecule has 0 saturated heterocycles. The van der Waals surface area contributed by atoms with E-state index < -0.39 is 0 Å². The van der Waals surface area contributed by atoms with Crippen LogP contribution in [0.2, 0.25) is 0 Å². The predicted molar refractivity (Wildman–Crippen MR) is 103 cm³/mol. The molecule has 1 aromatic heterocycles. The maximum Gasteiger partial charge on any atom is 0.270 e. The number of benzene rings is 2. The van der Waals surface area contributed by atoms with Crippen LogP contribution in [0.5, 0.6) is 11.5 Å². The lowest BCUT2D eigenvalue weighted by Crippen LogP contribution is -2.25. The number of para-hydroxylation sites is 2. The van der Waals surface area contributed by atoms with Crippen molar-refractivity contribution in [2.45, 2.75) is 6.42 Å². The molecule has 1 heterocycles. The average Bonchev–Trinajstić information content (AvgIpc) is 3.18. The minimum Gasteiger partial charge on any atom is -0.496 e. The van der Waals surface area contributed by atoms with Gasteiger partial charge in [0.25, 0.3) is 5.91 Å². The second kappa shape index (κ2) is 9.01. The number of nitrogens with one attached hydrogen (secondary N) is 1. The molecule has 0 fully saturated rings. The molecule has 6 heteroatoms. The van der Waals surface area contributed by atoms with Crippen molar-refractivity contribution in [2.24, 2.45) is 0 Å². The van der Waals surface area contributed by atoms with Crippen LogP contribution in [0.1, 0.15) is 16.9 Å². The van der Waals surface area contributed by atoms with Crippen molar-refractivity contribution in [3.05, 3.63) is 65.7 Å². The van der Waals surface area contributed by atoms with Gasteiger partial charge in [0.05, 0.1) is 19.3 Å². The van der Waals surface area contributed by atoms with E-state index in [9.17, 15) is 4.79 Å². The SMILES string of the molecule is COc1ccccc1-c1nc(C(=O)NCCCOc2ccccc2)cs1. The largest absolute Gasteiger partial charge is 0.496 e. The van der Waals surface area contributed by atoms with E-state index in [4.69, 9.17) is 9.47 Å². The number of methoxy groups -OCH3 is 1. The molecule has 0 atom stereocenters. The van der Waals surface area contributed by atoms with Crippen LogP contribution in [0.25, 0.3) is 10.6 Å². The molecular weight excluding hydrogens is 348 g/mol. The van der Waals surface area contributed by atoms with Crippen molar-refractivity contribution in [2.75, 3.05) is 20.3 Å². The smallest absolute Gasteiger partial charge is 0.270 e. The van der Waals surface area contributed by atoms with Crippen LogP contribution in [0.4, 0.5) is 0 Å². The summed E-state index contributed by atoms with van der Waals surface area (Å²) in [6, 6.07) is 17.3. The number of nitrogens with zero attached hydrogens (tertiary/aromatic N) is 1. The van der Waals surface area contributed by atoms with Crippen molar-refractivity contribution in [1.29, 1.82) is 0 Å². The minimum absolute atomic E-state index is 0.179. The molecule has 26 heavy (non-hydrogen) atoms. The number of amides is 1. The Morgan fingerprint density at radius 3 is 2.69 bits per heavy atom. The first-order valence-corrected chi connectivity index (χ1v) is 9.21. The number of ether oxygens (including phenoxy) is 2. The molecule has 0 radical (unpaired) electrons. The Morgan fingerprint density at radius 1 is 1.12 bits per heavy atom. The standard InChI is InChI=1S/C20H20N2O3S/c1-24-18-11-6-5-10-16(18)20-22-17(14-26-20)19(23)21-12-7-13-25-15-8-3-2-4-9-15/h2-6,8-11,14H,7,12-13H2,1H3,(H,21,23). The summed E-state index contributed by atoms with van der Waals surface area (Å²) >= 11 is 1.42. The molecule has 0 unspecified atom stereocenters. The van der Waals surface area contributed by atoms with Crippen molar-refractivity contribution in [3.63, 3.8) is 0 Å². The first-order chi connectivity index (χ1) is 12.8. The summed E-state index contributed by atoms with van der Waals surface area (Å²) in [7, 11) is 1.62. The summed E-state index contributed by atoms with van der Waals surface area (Å²) in [4.78, 5) is 16.7. The van der Waals surface area contributed by atoms with E-state index in [2.05, 4.69) is 10.3 Å². The van der Waals surface area contributed by atoms with Gasteiger partial charge < -0.3 is 14.8 Å². The van der Waals surface area contributed by atoms with Crippen LogP contribution in [0.3, 0.4) is 0 Å². The van der Waals surface area contributed by atoms with Crippen LogP contribution in [-0.2, 0) is 0 Å². The second-order valence-corrected chi connectivity index (χ2v) is 6.37. The number of hydrogen-bond acceptors (Lipinski definition) is 5. The third-order valence-corrected chi connectivity index (χ3v) is 4.57. The Morgan fingerprint density at radius 2 is 1.88 bits per heavy atom. The number of carbonyl (C=O) groups excluding carboxylic acids is 1. The highest BCUT2D eigenvalue weighted by atomic mass is 32.1. The highest BCUT2D eigenvalue weighted by molar-refractivity contribution is 7.13. The summed E-state index contributed by atoms with van der Waals surface area (Å²) in [5, 5.41) is 5.40. The summed E-state index contributed by atoms with van der Waals surface area (Å²) in [6.45, 7) is 1.08. The number of rotatable bonds is 8. The van der Waals surface area contributed by atoms with Crippen LogP contribution >= 0.6 is 11.3 Å². The van der Waals surface area contributed by atoms with Crippen LogP contribution < -0.4 is 14.8 Å². The normalized spacial score (nSPS) is 10.3. The number of aromatic nitrogens is 1. The molecule has 1 N–H and O–H groups in total. The molecule has 0 saturated carbocycles. The molecular formula is C20H20N2O3S. The maximum absolute atomic E-state index is 12.2. The quantitative estimate of drug-likeness (QED) is 0.610. The fourth-order valence-electron chi connectivity index (χ4n) is 2.39. The molecule has 5 nitrogen and oxygen atoms in total. The Kier molecular flexibility index (Phi) is 6.22. The lowest BCUT2D eigenvalue weighted by Gasteiger charge is -2.06. The van der Waals surface area contributed by atoms with Crippen molar-refractivity contribution < 1.29 is 14.3 Å². The van der Waals surface area contributed by atoms with Crippen molar-refractivity contribution in [1.82, 2.24) is 10.3 Å². The van der Waals surface area contributed by atoms with Gasteiger partial charge in [0, 0.05) is 11.9 Å². The molecule has 0 aliphatic rings. The molecule has 2 aromatic carbocycles. The predicted octanol–water partition coefficient (Wildman–Crippen LogP) is 4.02. The van der Waals surface area contributed by atoms with Crippen LogP contribution in [0, 0.1) is 0 Å². The van der Waals surface area contributed by atoms with E-state index in [0.29, 0.717) is 18.8 Å². The zero-order chi connectivity index (χ0) is 18.2. The van der Waals surface area contributed by atoms with Gasteiger partial charge in [-0.2, -0.15) is 0 Å². The van der Waals surface area contributed by atoms with E-state index in [1.165, 1.54) is 11.3 Å². The topological polar surface area (TPSA) is 60.5 Å². The summed E-state index contributed by atoms with van der Waals surface area (Å²) in [6.07, 6.45) is 0.726. The third kappa shape index (κ3) is 4.61.